The van der Waals surface area contributed by atoms with Crippen LogP contribution in [-0.2, 0) is 9.59 Å². The van der Waals surface area contributed by atoms with Gasteiger partial charge in [-0.15, -0.1) is 0 Å². The first-order valence-electron chi connectivity index (χ1n) is 9.31. The van der Waals surface area contributed by atoms with Crippen molar-refractivity contribution in [3.8, 4) is 0 Å². The van der Waals surface area contributed by atoms with E-state index in [1.165, 1.54) is 11.3 Å². The standard InChI is InChI=1S/C18H26N2O4S/c1-9(21)13-15-11-3-2-4-12(25-8-10-5-6-19-7-10)14(11)16(18(23)24)20(15)17(13)22/h9-13,15,19,21H,2-8H2,1H3,(H,23,24)/t9-,10+,11+,12+,13-,15-/m1/s1. The van der Waals surface area contributed by atoms with Gasteiger partial charge in [0.2, 0.25) is 5.91 Å². The number of thioether (sulfide) groups is 1. The number of aliphatic hydroxyl groups is 1. The first-order valence-corrected chi connectivity index (χ1v) is 10.4. The highest BCUT2D eigenvalue weighted by molar-refractivity contribution is 8.00. The van der Waals surface area contributed by atoms with E-state index in [-0.39, 0.29) is 28.8 Å². The summed E-state index contributed by atoms with van der Waals surface area (Å²) in [6, 6.07) is -0.148. The monoisotopic (exact) mass is 366 g/mol. The van der Waals surface area contributed by atoms with E-state index >= 15 is 0 Å². The second-order valence-corrected chi connectivity index (χ2v) is 9.03. The lowest BCUT2D eigenvalue weighted by atomic mass is 9.72. The number of amides is 1. The number of hydrogen-bond donors (Lipinski definition) is 3. The molecule has 6 nitrogen and oxygen atoms in total. The molecule has 3 heterocycles. The Morgan fingerprint density at radius 2 is 2.20 bits per heavy atom. The molecule has 0 spiro atoms. The van der Waals surface area contributed by atoms with Crippen LogP contribution in [0.5, 0.6) is 0 Å². The van der Waals surface area contributed by atoms with Crippen LogP contribution in [0.2, 0.25) is 0 Å². The summed E-state index contributed by atoms with van der Waals surface area (Å²) in [4.78, 5) is 25.9. The summed E-state index contributed by atoms with van der Waals surface area (Å²) in [6.45, 7) is 3.76. The van der Waals surface area contributed by atoms with E-state index in [4.69, 9.17) is 0 Å². The van der Waals surface area contributed by atoms with Gasteiger partial charge in [-0.3, -0.25) is 4.79 Å². The second-order valence-electron chi connectivity index (χ2n) is 7.79. The molecule has 3 N–H and O–H groups in total. The molecule has 25 heavy (non-hydrogen) atoms. The molecule has 0 aromatic carbocycles. The number of carbonyl (C=O) groups excluding carboxylic acids is 1. The molecular formula is C18H26N2O4S. The van der Waals surface area contributed by atoms with Crippen LogP contribution in [0.1, 0.15) is 32.6 Å². The Kier molecular flexibility index (Phi) is 4.58. The molecule has 1 saturated carbocycles. The highest BCUT2D eigenvalue weighted by atomic mass is 32.2. The van der Waals surface area contributed by atoms with E-state index in [1.807, 2.05) is 11.8 Å². The minimum absolute atomic E-state index is 0.108. The molecule has 2 saturated heterocycles. The highest BCUT2D eigenvalue weighted by Gasteiger charge is 2.62. The van der Waals surface area contributed by atoms with E-state index in [0.29, 0.717) is 5.92 Å². The zero-order valence-electron chi connectivity index (χ0n) is 14.5. The maximum absolute atomic E-state index is 12.5. The van der Waals surface area contributed by atoms with Gasteiger partial charge in [0.15, 0.2) is 0 Å². The SMILES string of the molecule is C[C@@H](O)[C@H]1C(=O)N2C(C(=O)O)=C3[C@@H](SC[C@H]4CCNC4)CCC[C@@H]3[C@H]12. The third-order valence-electron chi connectivity index (χ3n) is 6.26. The van der Waals surface area contributed by atoms with E-state index in [9.17, 15) is 19.8 Å². The maximum Gasteiger partial charge on any atom is 0.352 e. The van der Waals surface area contributed by atoms with Crippen LogP contribution in [0.15, 0.2) is 11.3 Å². The van der Waals surface area contributed by atoms with Gasteiger partial charge in [-0.05, 0) is 56.5 Å². The fourth-order valence-corrected chi connectivity index (χ4v) is 6.70. The summed E-state index contributed by atoms with van der Waals surface area (Å²) >= 11 is 1.87. The Hall–Kier alpha value is -1.05. The van der Waals surface area contributed by atoms with Crippen LogP contribution in [0.4, 0.5) is 0 Å². The molecule has 1 aliphatic carbocycles. The predicted octanol–water partition coefficient (Wildman–Crippen LogP) is 1.06. The van der Waals surface area contributed by atoms with Gasteiger partial charge in [0.1, 0.15) is 5.70 Å². The van der Waals surface area contributed by atoms with Gasteiger partial charge in [-0.2, -0.15) is 11.8 Å². The lowest BCUT2D eigenvalue weighted by Gasteiger charge is -2.47. The number of hydrogen-bond acceptors (Lipinski definition) is 5. The molecule has 3 aliphatic heterocycles. The number of carboxylic acids is 1. The van der Waals surface area contributed by atoms with Gasteiger partial charge < -0.3 is 20.4 Å². The molecule has 6 atom stereocenters. The molecule has 0 aromatic heterocycles. The van der Waals surface area contributed by atoms with Crippen LogP contribution in [-0.4, -0.2) is 63.2 Å². The molecule has 0 unspecified atom stereocenters. The van der Waals surface area contributed by atoms with Crippen molar-refractivity contribution in [2.75, 3.05) is 18.8 Å². The van der Waals surface area contributed by atoms with Crippen molar-refractivity contribution in [3.05, 3.63) is 11.3 Å². The predicted molar refractivity (Wildman–Crippen MR) is 95.0 cm³/mol. The molecular weight excluding hydrogens is 340 g/mol. The number of aliphatic carboxylic acids is 1. The van der Waals surface area contributed by atoms with Crippen molar-refractivity contribution in [1.29, 1.82) is 0 Å². The van der Waals surface area contributed by atoms with Crippen molar-refractivity contribution in [3.63, 3.8) is 0 Å². The smallest absolute Gasteiger partial charge is 0.352 e. The van der Waals surface area contributed by atoms with Gasteiger partial charge in [-0.1, -0.05) is 6.42 Å². The number of carboxylic acid groups (broad SMARTS) is 1. The molecule has 1 amide bonds. The van der Waals surface area contributed by atoms with Crippen molar-refractivity contribution >= 4 is 23.6 Å². The number of β-lactam (4-membered cyclic amide) rings is 1. The summed E-state index contributed by atoms with van der Waals surface area (Å²) in [6.07, 6.45) is 3.44. The zero-order valence-corrected chi connectivity index (χ0v) is 15.3. The normalized spacial score (nSPS) is 38.4. The van der Waals surface area contributed by atoms with E-state index < -0.39 is 18.0 Å². The van der Waals surface area contributed by atoms with E-state index in [1.54, 1.807) is 6.92 Å². The lowest BCUT2D eigenvalue weighted by molar-refractivity contribution is -0.163. The number of nitrogens with zero attached hydrogens (tertiary/aromatic N) is 1. The summed E-state index contributed by atoms with van der Waals surface area (Å²) in [5.74, 6) is 0.151. The number of fused-ring (bicyclic) bond motifs is 3. The Bertz CT molecular complexity index is 614. The van der Waals surface area contributed by atoms with Crippen molar-refractivity contribution in [2.24, 2.45) is 17.8 Å². The third-order valence-corrected chi connectivity index (χ3v) is 7.82. The fourth-order valence-electron chi connectivity index (χ4n) is 5.12. The molecule has 4 rings (SSSR count). The molecule has 0 radical (unpaired) electrons. The largest absolute Gasteiger partial charge is 0.477 e. The fraction of sp³-hybridized carbons (Fsp3) is 0.778. The summed E-state index contributed by atoms with van der Waals surface area (Å²) in [5, 5.41) is 23.3. The van der Waals surface area contributed by atoms with Gasteiger partial charge in [-0.25, -0.2) is 4.79 Å². The molecule has 0 bridgehead atoms. The van der Waals surface area contributed by atoms with Crippen LogP contribution in [0.25, 0.3) is 0 Å². The number of carbonyl (C=O) groups is 2. The van der Waals surface area contributed by atoms with Crippen molar-refractivity contribution in [2.45, 2.75) is 50.0 Å². The van der Waals surface area contributed by atoms with Gasteiger partial charge >= 0.3 is 5.97 Å². The Morgan fingerprint density at radius 1 is 1.40 bits per heavy atom. The Morgan fingerprint density at radius 3 is 2.84 bits per heavy atom. The summed E-state index contributed by atoms with van der Waals surface area (Å²) in [5.41, 5.74) is 1.19. The van der Waals surface area contributed by atoms with Crippen LogP contribution in [0, 0.1) is 17.8 Å². The average molecular weight is 366 g/mol. The van der Waals surface area contributed by atoms with Crippen molar-refractivity contribution < 1.29 is 19.8 Å². The highest BCUT2D eigenvalue weighted by Crippen LogP contribution is 2.54. The zero-order chi connectivity index (χ0) is 17.7. The van der Waals surface area contributed by atoms with Gasteiger partial charge in [0.05, 0.1) is 18.1 Å². The topological polar surface area (TPSA) is 89.9 Å². The van der Waals surface area contributed by atoms with Gasteiger partial charge in [0, 0.05) is 11.2 Å². The Labute approximate surface area is 152 Å². The minimum Gasteiger partial charge on any atom is -0.477 e. The van der Waals surface area contributed by atoms with Crippen LogP contribution in [0.3, 0.4) is 0 Å². The molecule has 138 valence electrons. The number of rotatable bonds is 5. The van der Waals surface area contributed by atoms with Crippen LogP contribution < -0.4 is 5.32 Å². The average Bonchev–Trinajstić information content (AvgIpc) is 3.17. The molecule has 3 fully saturated rings. The molecule has 4 aliphatic rings. The minimum atomic E-state index is -0.991. The number of aliphatic hydroxyl groups excluding tert-OH is 1. The third kappa shape index (κ3) is 2.71. The first kappa shape index (κ1) is 17.4. The first-order chi connectivity index (χ1) is 12.0. The number of nitrogens with one attached hydrogen (secondary N) is 1. The summed E-state index contributed by atoms with van der Waals surface area (Å²) in [7, 11) is 0. The Balaban J connectivity index is 1.59. The van der Waals surface area contributed by atoms with E-state index in [0.717, 1.165) is 43.7 Å². The maximum atomic E-state index is 12.5. The van der Waals surface area contributed by atoms with E-state index in [2.05, 4.69) is 5.32 Å². The summed E-state index contributed by atoms with van der Waals surface area (Å²) < 4.78 is 0. The quantitative estimate of drug-likeness (QED) is 0.631. The van der Waals surface area contributed by atoms with Crippen LogP contribution >= 0.6 is 11.8 Å². The molecule has 7 heteroatoms. The lowest BCUT2D eigenvalue weighted by Crippen LogP contribution is -2.64. The van der Waals surface area contributed by atoms with Crippen molar-refractivity contribution in [1.82, 2.24) is 10.2 Å². The second kappa shape index (κ2) is 6.59. The van der Waals surface area contributed by atoms with Gasteiger partial charge in [0.25, 0.3) is 0 Å². The molecule has 0 aromatic rings.